The minimum Gasteiger partial charge on any atom is -0.330 e. The van der Waals surface area contributed by atoms with Crippen molar-refractivity contribution in [2.75, 3.05) is 18.0 Å². The van der Waals surface area contributed by atoms with E-state index in [9.17, 15) is 9.18 Å². The maximum atomic E-state index is 12.8. The van der Waals surface area contributed by atoms with E-state index >= 15 is 0 Å². The molecule has 2 N–H and O–H groups in total. The number of amides is 1. The van der Waals surface area contributed by atoms with E-state index in [4.69, 9.17) is 5.73 Å². The Labute approximate surface area is 101 Å². The molecule has 17 heavy (non-hydrogen) atoms. The molecule has 0 aromatic heterocycles. The van der Waals surface area contributed by atoms with Gasteiger partial charge >= 0.3 is 0 Å². The third-order valence-corrected chi connectivity index (χ3v) is 2.85. The summed E-state index contributed by atoms with van der Waals surface area (Å²) in [4.78, 5) is 13.8. The number of nitrogens with two attached hydrogens (primary N) is 1. The van der Waals surface area contributed by atoms with Crippen LogP contribution >= 0.6 is 0 Å². The molecule has 0 radical (unpaired) electrons. The third-order valence-electron chi connectivity index (χ3n) is 2.85. The first kappa shape index (κ1) is 13.6. The van der Waals surface area contributed by atoms with E-state index in [1.54, 1.807) is 17.0 Å². The van der Waals surface area contributed by atoms with Crippen LogP contribution in [0.5, 0.6) is 0 Å². The van der Waals surface area contributed by atoms with Crippen LogP contribution in [0.4, 0.5) is 10.1 Å². The predicted octanol–water partition coefficient (Wildman–Crippen LogP) is 2.16. The lowest BCUT2D eigenvalue weighted by atomic mass is 10.0. The van der Waals surface area contributed by atoms with Crippen molar-refractivity contribution in [3.05, 3.63) is 30.1 Å². The van der Waals surface area contributed by atoms with Crippen LogP contribution in [0.3, 0.4) is 0 Å². The summed E-state index contributed by atoms with van der Waals surface area (Å²) in [6.45, 7) is 4.73. The highest BCUT2D eigenvalue weighted by atomic mass is 19.1. The molecule has 0 bridgehead atoms. The van der Waals surface area contributed by atoms with Gasteiger partial charge in [0.1, 0.15) is 5.82 Å². The number of carbonyl (C=O) groups excluding carboxylic acids is 1. The zero-order chi connectivity index (χ0) is 12.8. The van der Waals surface area contributed by atoms with Gasteiger partial charge in [0.05, 0.1) is 5.92 Å². The first-order valence-electron chi connectivity index (χ1n) is 5.91. The van der Waals surface area contributed by atoms with Gasteiger partial charge in [0, 0.05) is 18.8 Å². The molecule has 0 spiro atoms. The van der Waals surface area contributed by atoms with Gasteiger partial charge in [0.2, 0.25) is 5.91 Å². The lowest BCUT2D eigenvalue weighted by Crippen LogP contribution is -2.38. The molecule has 0 aliphatic rings. The molecule has 0 fully saturated rings. The molecular formula is C13H19FN2O. The van der Waals surface area contributed by atoms with Gasteiger partial charge in [-0.3, -0.25) is 4.79 Å². The number of hydrogen-bond donors (Lipinski definition) is 1. The largest absolute Gasteiger partial charge is 0.330 e. The Morgan fingerprint density at radius 1 is 1.35 bits per heavy atom. The van der Waals surface area contributed by atoms with Gasteiger partial charge in [0.15, 0.2) is 0 Å². The van der Waals surface area contributed by atoms with Gasteiger partial charge in [-0.1, -0.05) is 6.92 Å². The summed E-state index contributed by atoms with van der Waals surface area (Å²) < 4.78 is 12.8. The van der Waals surface area contributed by atoms with Crippen LogP contribution < -0.4 is 10.6 Å². The molecule has 0 aliphatic carbocycles. The highest BCUT2D eigenvalue weighted by Gasteiger charge is 2.21. The molecule has 94 valence electrons. The number of rotatable bonds is 5. The predicted molar refractivity (Wildman–Crippen MR) is 67.3 cm³/mol. The zero-order valence-electron chi connectivity index (χ0n) is 10.3. The summed E-state index contributed by atoms with van der Waals surface area (Å²) in [5.41, 5.74) is 6.29. The maximum absolute atomic E-state index is 12.8. The number of halogens is 1. The fourth-order valence-electron chi connectivity index (χ4n) is 1.75. The van der Waals surface area contributed by atoms with Crippen molar-refractivity contribution in [3.63, 3.8) is 0 Å². The van der Waals surface area contributed by atoms with Gasteiger partial charge in [-0.05, 0) is 37.6 Å². The smallest absolute Gasteiger partial charge is 0.231 e. The summed E-state index contributed by atoms with van der Waals surface area (Å²) in [7, 11) is 0. The average molecular weight is 238 g/mol. The van der Waals surface area contributed by atoms with Gasteiger partial charge in [-0.2, -0.15) is 0 Å². The fraction of sp³-hybridized carbons (Fsp3) is 0.462. The van der Waals surface area contributed by atoms with Crippen molar-refractivity contribution < 1.29 is 9.18 Å². The molecule has 1 atom stereocenters. The number of anilines is 1. The molecule has 4 heteroatoms. The molecule has 0 aliphatic heterocycles. The summed E-state index contributed by atoms with van der Waals surface area (Å²) in [6, 6.07) is 5.93. The Hall–Kier alpha value is -1.42. The molecule has 3 nitrogen and oxygen atoms in total. The number of benzene rings is 1. The van der Waals surface area contributed by atoms with Crippen LogP contribution in [0.25, 0.3) is 0 Å². The second-order valence-electron chi connectivity index (χ2n) is 3.90. The van der Waals surface area contributed by atoms with E-state index in [0.29, 0.717) is 25.2 Å². The number of carbonyl (C=O) groups is 1. The first-order chi connectivity index (χ1) is 8.13. The van der Waals surface area contributed by atoms with Crippen LogP contribution in [0.15, 0.2) is 24.3 Å². The Balaban J connectivity index is 2.91. The van der Waals surface area contributed by atoms with Crippen molar-refractivity contribution >= 4 is 11.6 Å². The Kier molecular flexibility index (Phi) is 5.10. The van der Waals surface area contributed by atoms with Crippen molar-refractivity contribution in [1.29, 1.82) is 0 Å². The van der Waals surface area contributed by atoms with E-state index in [1.807, 2.05) is 13.8 Å². The molecule has 1 aromatic carbocycles. The lowest BCUT2D eigenvalue weighted by Gasteiger charge is -2.25. The van der Waals surface area contributed by atoms with Crippen LogP contribution in [0, 0.1) is 11.7 Å². The Morgan fingerprint density at radius 3 is 2.35 bits per heavy atom. The molecule has 1 aromatic rings. The van der Waals surface area contributed by atoms with Crippen molar-refractivity contribution in [3.8, 4) is 0 Å². The Bertz CT molecular complexity index is 360. The molecule has 1 amide bonds. The van der Waals surface area contributed by atoms with Crippen LogP contribution in [0.1, 0.15) is 20.3 Å². The van der Waals surface area contributed by atoms with Crippen molar-refractivity contribution in [2.24, 2.45) is 11.7 Å². The van der Waals surface area contributed by atoms with Crippen LogP contribution in [0.2, 0.25) is 0 Å². The quantitative estimate of drug-likeness (QED) is 0.854. The van der Waals surface area contributed by atoms with Gasteiger partial charge in [-0.25, -0.2) is 4.39 Å². The zero-order valence-corrected chi connectivity index (χ0v) is 10.3. The summed E-state index contributed by atoms with van der Waals surface area (Å²) >= 11 is 0. The molecule has 0 saturated heterocycles. The number of hydrogen-bond acceptors (Lipinski definition) is 2. The first-order valence-corrected chi connectivity index (χ1v) is 5.91. The standard InChI is InChI=1S/C13H19FN2O/c1-3-10(9-15)13(17)16(4-2)12-7-5-11(14)6-8-12/h5-8,10H,3-4,9,15H2,1-2H3. The molecule has 1 rings (SSSR count). The van der Waals surface area contributed by atoms with E-state index in [2.05, 4.69) is 0 Å². The molecule has 1 unspecified atom stereocenters. The summed E-state index contributed by atoms with van der Waals surface area (Å²) in [6.07, 6.45) is 0.715. The maximum Gasteiger partial charge on any atom is 0.231 e. The minimum absolute atomic E-state index is 0.00380. The monoisotopic (exact) mass is 238 g/mol. The van der Waals surface area contributed by atoms with Crippen molar-refractivity contribution in [2.45, 2.75) is 20.3 Å². The SMILES string of the molecule is CCC(CN)C(=O)N(CC)c1ccc(F)cc1. The van der Waals surface area contributed by atoms with Gasteiger partial charge < -0.3 is 10.6 Å². The number of nitrogens with zero attached hydrogens (tertiary/aromatic N) is 1. The molecule has 0 heterocycles. The summed E-state index contributed by atoms with van der Waals surface area (Å²) in [5, 5.41) is 0. The normalized spacial score (nSPS) is 12.2. The van der Waals surface area contributed by atoms with Crippen LogP contribution in [-0.2, 0) is 4.79 Å². The van der Waals surface area contributed by atoms with E-state index < -0.39 is 0 Å². The topological polar surface area (TPSA) is 46.3 Å². The van der Waals surface area contributed by atoms with Crippen LogP contribution in [-0.4, -0.2) is 19.0 Å². The second kappa shape index (κ2) is 6.35. The highest BCUT2D eigenvalue weighted by Crippen LogP contribution is 2.18. The lowest BCUT2D eigenvalue weighted by molar-refractivity contribution is -0.122. The molecular weight excluding hydrogens is 219 g/mol. The second-order valence-corrected chi connectivity index (χ2v) is 3.90. The fourth-order valence-corrected chi connectivity index (χ4v) is 1.75. The average Bonchev–Trinajstić information content (AvgIpc) is 2.34. The van der Waals surface area contributed by atoms with Gasteiger partial charge in [-0.15, -0.1) is 0 Å². The minimum atomic E-state index is -0.303. The van der Waals surface area contributed by atoms with E-state index in [1.165, 1.54) is 12.1 Å². The van der Waals surface area contributed by atoms with Gasteiger partial charge in [0.25, 0.3) is 0 Å². The summed E-state index contributed by atoms with van der Waals surface area (Å²) in [5.74, 6) is -0.466. The molecule has 0 saturated carbocycles. The van der Waals surface area contributed by atoms with E-state index in [-0.39, 0.29) is 17.6 Å². The Morgan fingerprint density at radius 2 is 1.94 bits per heavy atom. The van der Waals surface area contributed by atoms with E-state index in [0.717, 1.165) is 0 Å². The highest BCUT2D eigenvalue weighted by molar-refractivity contribution is 5.95. The third kappa shape index (κ3) is 3.27. The van der Waals surface area contributed by atoms with Crippen molar-refractivity contribution in [1.82, 2.24) is 0 Å².